The fourth-order valence-corrected chi connectivity index (χ4v) is 4.57. The van der Waals surface area contributed by atoms with Gasteiger partial charge in [0.1, 0.15) is 0 Å². The Labute approximate surface area is 181 Å². The van der Waals surface area contributed by atoms with Crippen LogP contribution in [0, 0.1) is 27.1 Å². The third-order valence-corrected chi connectivity index (χ3v) is 6.43. The van der Waals surface area contributed by atoms with Crippen molar-refractivity contribution in [3.05, 3.63) is 21.0 Å². The first kappa shape index (κ1) is 23.8. The van der Waals surface area contributed by atoms with E-state index in [1.807, 2.05) is 6.07 Å². The molecule has 174 valence electrons. The fraction of sp³-hybridized carbons (Fsp3) is 0.737. The molecule has 3 N–H and O–H groups in total. The van der Waals surface area contributed by atoms with Crippen LogP contribution in [0.3, 0.4) is 0 Å². The zero-order chi connectivity index (χ0) is 23.8. The maximum atomic E-state index is 13.2. The van der Waals surface area contributed by atoms with Gasteiger partial charge in [-0.3, -0.25) is 9.59 Å². The number of rotatable bonds is 4. The highest BCUT2D eigenvalue weighted by molar-refractivity contribution is 6.00. The Morgan fingerprint density at radius 3 is 2.62 bits per heavy atom. The van der Waals surface area contributed by atoms with Crippen molar-refractivity contribution >= 4 is 11.8 Å². The lowest BCUT2D eigenvalue weighted by Gasteiger charge is -2.35. The monoisotopic (exact) mass is 458 g/mol. The molecule has 0 aliphatic carbocycles. The van der Waals surface area contributed by atoms with E-state index in [1.165, 1.54) is 6.92 Å². The van der Waals surface area contributed by atoms with Crippen molar-refractivity contribution in [1.29, 1.82) is 5.26 Å². The van der Waals surface area contributed by atoms with Crippen LogP contribution in [-0.4, -0.2) is 70.9 Å². The van der Waals surface area contributed by atoms with Crippen LogP contribution in [0.5, 0.6) is 0 Å². The maximum absolute atomic E-state index is 13.2. The number of amides is 2. The summed E-state index contributed by atoms with van der Waals surface area (Å²) in [6.07, 6.45) is -6.44. The van der Waals surface area contributed by atoms with Crippen LogP contribution in [0.1, 0.15) is 33.1 Å². The second kappa shape index (κ2) is 8.93. The average Bonchev–Trinajstić information content (AvgIpc) is 2.69. The normalized spacial score (nSPS) is 32.0. The van der Waals surface area contributed by atoms with Crippen molar-refractivity contribution in [2.24, 2.45) is 5.92 Å². The summed E-state index contributed by atoms with van der Waals surface area (Å²) in [6.45, 7) is 3.45. The maximum Gasteiger partial charge on any atom is 0.455 e. The topological polar surface area (TPSA) is 134 Å². The lowest BCUT2D eigenvalue weighted by Crippen LogP contribution is -2.61. The number of nitriles is 1. The first-order valence-corrected chi connectivity index (χ1v) is 10.3. The number of nitrogens with zero attached hydrogens (tertiary/aromatic N) is 3. The highest BCUT2D eigenvalue weighted by Gasteiger charge is 2.59. The summed E-state index contributed by atoms with van der Waals surface area (Å²) >= 11 is 0. The van der Waals surface area contributed by atoms with Crippen molar-refractivity contribution in [1.82, 2.24) is 16.0 Å². The van der Waals surface area contributed by atoms with Gasteiger partial charge in [0.2, 0.25) is 24.4 Å². The minimum atomic E-state index is -4.69. The van der Waals surface area contributed by atoms with Gasteiger partial charge in [-0.2, -0.15) is 18.4 Å². The molecular weight excluding hydrogens is 433 g/mol. The quantitative estimate of drug-likeness (QED) is 0.523. The van der Waals surface area contributed by atoms with Gasteiger partial charge in [0.25, 0.3) is 6.04 Å². The second-order valence-corrected chi connectivity index (χ2v) is 8.51. The number of carbonyl (C=O) groups is 2. The molecule has 2 amide bonds. The summed E-state index contributed by atoms with van der Waals surface area (Å²) in [4.78, 5) is 49.4. The van der Waals surface area contributed by atoms with Crippen molar-refractivity contribution in [2.75, 3.05) is 13.1 Å². The SMILES string of the molecule is CC1=C(CC(=O)N[C@H](C)C2CNC(C#N)[N+](=O)C2)C(=O)NC2CCC(C(F)(F)F)[N+](=O)C12. The summed E-state index contributed by atoms with van der Waals surface area (Å²) in [5, 5.41) is 16.9. The summed E-state index contributed by atoms with van der Waals surface area (Å²) in [7, 11) is 0. The molecule has 13 heteroatoms. The van der Waals surface area contributed by atoms with E-state index in [1.54, 1.807) is 6.92 Å². The highest BCUT2D eigenvalue weighted by Crippen LogP contribution is 2.36. The molecule has 0 aromatic rings. The predicted octanol–water partition coefficient (Wildman–Crippen LogP) is 0.416. The Morgan fingerprint density at radius 2 is 2.03 bits per heavy atom. The Hall–Kier alpha value is -2.88. The molecule has 2 fully saturated rings. The molecule has 0 spiro atoms. The van der Waals surface area contributed by atoms with Crippen LogP contribution >= 0.6 is 0 Å². The summed E-state index contributed by atoms with van der Waals surface area (Å²) in [5.41, 5.74) is 0.129. The van der Waals surface area contributed by atoms with Crippen molar-refractivity contribution in [2.45, 2.75) is 69.6 Å². The van der Waals surface area contributed by atoms with Gasteiger partial charge in [-0.1, -0.05) is 0 Å². The Kier molecular flexibility index (Phi) is 6.64. The van der Waals surface area contributed by atoms with E-state index >= 15 is 0 Å². The smallest absolute Gasteiger partial charge is 0.353 e. The predicted molar refractivity (Wildman–Crippen MR) is 103 cm³/mol. The molecule has 3 rings (SSSR count). The third kappa shape index (κ3) is 4.64. The van der Waals surface area contributed by atoms with Gasteiger partial charge in [-0.25, -0.2) is 5.32 Å². The minimum Gasteiger partial charge on any atom is -0.353 e. The molecule has 3 aliphatic rings. The standard InChI is InChI=1S/C19H23F3N6O4/c1-9-12(5-16(29)25-10(2)11-7-24-15(6-23)27(31)8-11)18(30)26-13-3-4-14(19(20,21)22)28(32)17(9)13/h10-11,13-15,17,24H,3-5,7-8H2,1-2H3/p+2/t10-,11?,13?,14?,15?,17?/m1/s1. The molecule has 5 unspecified atom stereocenters. The summed E-state index contributed by atoms with van der Waals surface area (Å²) in [5.74, 6) is -1.42. The molecule has 6 atom stereocenters. The number of piperidine rings is 1. The fourth-order valence-electron chi connectivity index (χ4n) is 4.57. The van der Waals surface area contributed by atoms with Gasteiger partial charge < -0.3 is 10.6 Å². The second-order valence-electron chi connectivity index (χ2n) is 8.51. The molecule has 0 aromatic heterocycles. The van der Waals surface area contributed by atoms with Gasteiger partial charge >= 0.3 is 12.3 Å². The lowest BCUT2D eigenvalue weighted by atomic mass is 9.83. The van der Waals surface area contributed by atoms with Crippen LogP contribution in [-0.2, 0) is 9.59 Å². The molecule has 3 heterocycles. The number of hydrogen-bond acceptors (Lipinski definition) is 6. The summed E-state index contributed by atoms with van der Waals surface area (Å²) < 4.78 is 40.2. The molecular formula is C19H25F3N6O4+2. The van der Waals surface area contributed by atoms with Gasteiger partial charge in [0, 0.05) is 49.5 Å². The van der Waals surface area contributed by atoms with E-state index in [-0.39, 0.29) is 34.8 Å². The molecule has 3 aliphatic heterocycles. The van der Waals surface area contributed by atoms with Gasteiger partial charge in [0.05, 0.1) is 18.4 Å². The molecule has 10 nitrogen and oxygen atoms in total. The van der Waals surface area contributed by atoms with E-state index in [4.69, 9.17) is 5.26 Å². The van der Waals surface area contributed by atoms with E-state index in [9.17, 15) is 32.6 Å². The largest absolute Gasteiger partial charge is 0.455 e. The minimum absolute atomic E-state index is 0.00832. The van der Waals surface area contributed by atoms with Crippen LogP contribution in [0.25, 0.3) is 0 Å². The van der Waals surface area contributed by atoms with E-state index < -0.39 is 61.2 Å². The molecule has 32 heavy (non-hydrogen) atoms. The summed E-state index contributed by atoms with van der Waals surface area (Å²) in [6, 6.07) is -2.73. The first-order valence-electron chi connectivity index (χ1n) is 10.3. The zero-order valence-corrected chi connectivity index (χ0v) is 17.6. The van der Waals surface area contributed by atoms with Crippen LogP contribution in [0.15, 0.2) is 11.1 Å². The highest BCUT2D eigenvalue weighted by atomic mass is 19.4. The number of carbonyl (C=O) groups excluding carboxylic acids is 2. The van der Waals surface area contributed by atoms with Crippen molar-refractivity contribution in [3.63, 3.8) is 0 Å². The number of nitrogens with one attached hydrogen (secondary N) is 3. The van der Waals surface area contributed by atoms with Crippen LogP contribution in [0.2, 0.25) is 0 Å². The molecule has 0 bridgehead atoms. The molecule has 0 aromatic carbocycles. The van der Waals surface area contributed by atoms with Crippen LogP contribution < -0.4 is 16.0 Å². The Bertz CT molecular complexity index is 912. The van der Waals surface area contributed by atoms with E-state index in [0.29, 0.717) is 11.3 Å². The van der Waals surface area contributed by atoms with Gasteiger partial charge in [0.15, 0.2) is 6.07 Å². The number of fused-ring (bicyclic) bond motifs is 1. The third-order valence-electron chi connectivity index (χ3n) is 6.43. The number of hydrogen-bond donors (Lipinski definition) is 3. The van der Waals surface area contributed by atoms with Gasteiger partial charge in [-0.15, -0.1) is 0 Å². The molecule has 0 radical (unpaired) electrons. The van der Waals surface area contributed by atoms with Gasteiger partial charge in [-0.05, 0) is 20.3 Å². The zero-order valence-electron chi connectivity index (χ0n) is 17.6. The Balaban J connectivity index is 1.69. The van der Waals surface area contributed by atoms with Crippen molar-refractivity contribution < 1.29 is 32.3 Å². The van der Waals surface area contributed by atoms with E-state index in [0.717, 1.165) is 0 Å². The van der Waals surface area contributed by atoms with Crippen molar-refractivity contribution in [3.8, 4) is 6.07 Å². The molecule has 2 saturated heterocycles. The average molecular weight is 458 g/mol. The lowest BCUT2D eigenvalue weighted by molar-refractivity contribution is -0.653. The number of halogens is 3. The molecule has 0 saturated carbocycles. The number of nitroso groups, excluding NO2 is 2. The first-order chi connectivity index (χ1) is 14.9. The van der Waals surface area contributed by atoms with E-state index in [2.05, 4.69) is 16.0 Å². The Morgan fingerprint density at radius 1 is 1.34 bits per heavy atom. The number of alkyl halides is 3. The van der Waals surface area contributed by atoms with Crippen LogP contribution in [0.4, 0.5) is 13.2 Å².